The monoisotopic (exact) mass is 886 g/mol. The van der Waals surface area contributed by atoms with E-state index in [0.29, 0.717) is 0 Å². The van der Waals surface area contributed by atoms with Gasteiger partial charge in [-0.1, -0.05) is 115 Å². The van der Waals surface area contributed by atoms with E-state index in [4.69, 9.17) is 4.42 Å². The van der Waals surface area contributed by atoms with Crippen LogP contribution >= 0.6 is 22.7 Å². The maximum atomic E-state index is 6.75. The van der Waals surface area contributed by atoms with Gasteiger partial charge >= 0.3 is 6.85 Å². The quantitative estimate of drug-likeness (QED) is 0.153. The lowest BCUT2D eigenvalue weighted by molar-refractivity contribution is 0.332. The van der Waals surface area contributed by atoms with Gasteiger partial charge in [0.2, 0.25) is 0 Å². The Kier molecular flexibility index (Phi) is 7.08. The van der Waals surface area contributed by atoms with Gasteiger partial charge in [0.15, 0.2) is 0 Å². The zero-order valence-corrected chi connectivity index (χ0v) is 39.9. The molecule has 0 saturated heterocycles. The number of anilines is 2. The van der Waals surface area contributed by atoms with E-state index < -0.39 is 0 Å². The smallest absolute Gasteiger partial charge is 0.333 e. The highest BCUT2D eigenvalue weighted by molar-refractivity contribution is 7.26. The number of furan rings is 1. The Morgan fingerprint density at radius 3 is 2.02 bits per heavy atom. The SMILES string of the molecule is CC(C)(C)c1ccc(N2B3c4cc5c(cc4-n4c6cc7c(cc6c6ccc(c3c64)-c3cc4sc6cc8c(cc6c4cc32)C(C)(C)CCC8(C)C)sc2ccccc27)oc2ccccc25)cc1. The van der Waals surface area contributed by atoms with Crippen LogP contribution in [0.3, 0.4) is 0 Å². The predicted molar refractivity (Wildman–Crippen MR) is 287 cm³/mol. The van der Waals surface area contributed by atoms with Crippen LogP contribution in [-0.4, -0.2) is 11.4 Å². The van der Waals surface area contributed by atoms with Crippen molar-refractivity contribution in [2.45, 2.75) is 77.6 Å². The molecule has 0 unspecified atom stereocenters. The molecule has 0 radical (unpaired) electrons. The largest absolute Gasteiger partial charge is 0.456 e. The summed E-state index contributed by atoms with van der Waals surface area (Å²) in [5.74, 6) is 0. The topological polar surface area (TPSA) is 21.3 Å². The third-order valence-corrected chi connectivity index (χ3v) is 18.4. The van der Waals surface area contributed by atoms with Gasteiger partial charge < -0.3 is 13.8 Å². The number of fused-ring (bicyclic) bond motifs is 18. The first kappa shape index (κ1) is 37.8. The van der Waals surface area contributed by atoms with Crippen molar-refractivity contribution in [2.24, 2.45) is 0 Å². The molecular formula is C60H47BN2OS2. The highest BCUT2D eigenvalue weighted by atomic mass is 32.1. The fraction of sp³-hybridized carbons (Fsp3) is 0.200. The van der Waals surface area contributed by atoms with Gasteiger partial charge in [-0.15, -0.1) is 22.7 Å². The van der Waals surface area contributed by atoms with Crippen LogP contribution in [0.5, 0.6) is 0 Å². The molecule has 8 aromatic carbocycles. The average molecular weight is 887 g/mol. The van der Waals surface area contributed by atoms with Gasteiger partial charge in [0, 0.05) is 90.6 Å². The van der Waals surface area contributed by atoms with E-state index in [1.54, 1.807) is 0 Å². The molecule has 0 fully saturated rings. The first-order chi connectivity index (χ1) is 31.8. The zero-order chi connectivity index (χ0) is 44.3. The van der Waals surface area contributed by atoms with E-state index in [1.165, 1.54) is 131 Å². The predicted octanol–water partition coefficient (Wildman–Crippen LogP) is 16.3. The summed E-state index contributed by atoms with van der Waals surface area (Å²) < 4.78 is 14.8. The van der Waals surface area contributed by atoms with Crippen molar-refractivity contribution in [1.82, 2.24) is 4.57 Å². The van der Waals surface area contributed by atoms with Crippen LogP contribution < -0.4 is 15.7 Å². The Bertz CT molecular complexity index is 4170. The van der Waals surface area contributed by atoms with Crippen molar-refractivity contribution >= 4 is 136 Å². The van der Waals surface area contributed by atoms with Crippen LogP contribution in [-0.2, 0) is 16.2 Å². The molecule has 6 heterocycles. The molecule has 0 spiro atoms. The molecule has 0 atom stereocenters. The fourth-order valence-electron chi connectivity index (χ4n) is 12.6. The summed E-state index contributed by atoms with van der Waals surface area (Å²) in [5.41, 5.74) is 18.0. The van der Waals surface area contributed by atoms with Gasteiger partial charge in [0.05, 0.1) is 11.0 Å². The van der Waals surface area contributed by atoms with E-state index in [-0.39, 0.29) is 23.1 Å². The van der Waals surface area contributed by atoms with Crippen molar-refractivity contribution in [3.8, 4) is 16.8 Å². The van der Waals surface area contributed by atoms with Crippen molar-refractivity contribution in [3.63, 3.8) is 0 Å². The molecule has 318 valence electrons. The number of rotatable bonds is 1. The molecule has 15 rings (SSSR count). The number of hydrogen-bond acceptors (Lipinski definition) is 4. The zero-order valence-electron chi connectivity index (χ0n) is 38.3. The summed E-state index contributed by atoms with van der Waals surface area (Å²) in [4.78, 5) is 2.71. The Morgan fingerprint density at radius 2 is 1.21 bits per heavy atom. The Balaban J connectivity index is 1.10. The normalized spacial score (nSPS) is 16.2. The Labute approximate surface area is 392 Å². The summed E-state index contributed by atoms with van der Waals surface area (Å²) in [7, 11) is 0. The lowest BCUT2D eigenvalue weighted by Crippen LogP contribution is -2.60. The lowest BCUT2D eigenvalue weighted by Gasteiger charge is -2.42. The molecule has 0 amide bonds. The van der Waals surface area contributed by atoms with Crippen LogP contribution in [0.4, 0.5) is 11.4 Å². The molecule has 4 aromatic heterocycles. The average Bonchev–Trinajstić information content (AvgIpc) is 4.05. The molecule has 3 aliphatic rings. The molecule has 1 aliphatic carbocycles. The second-order valence-corrected chi connectivity index (χ2v) is 24.1. The van der Waals surface area contributed by atoms with Crippen molar-refractivity contribution in [3.05, 3.63) is 150 Å². The highest BCUT2D eigenvalue weighted by Crippen LogP contribution is 2.53. The number of aromatic nitrogens is 1. The first-order valence-corrected chi connectivity index (χ1v) is 25.3. The molecule has 66 heavy (non-hydrogen) atoms. The van der Waals surface area contributed by atoms with Gasteiger partial charge in [-0.2, -0.15) is 0 Å². The maximum Gasteiger partial charge on any atom is 0.333 e. The summed E-state index contributed by atoms with van der Waals surface area (Å²) in [6, 6.07) is 51.9. The molecule has 12 aromatic rings. The number of para-hydroxylation sites is 1. The number of nitrogens with zero attached hydrogens (tertiary/aromatic N) is 2. The standard InChI is InChI=1S/C60H47BN2OS2/c1-58(2,3)32-16-18-33(19-17-32)63-48-27-43-41-24-44-45(60(6,7)23-22-59(44,4)5)30-55(41)66-54(43)28-38(48)36-20-21-37-39-29-53-42(35-13-9-11-15-52(35)65-53)26-47(39)62-49-31-51-40(34-12-8-10-14-50(34)64-51)25-46(49)61(63)56(36)57(37)62/h8-21,24-31H,22-23H2,1-7H3. The third kappa shape index (κ3) is 4.84. The number of thiophene rings is 2. The molecule has 6 heteroatoms. The Morgan fingerprint density at radius 1 is 0.530 bits per heavy atom. The van der Waals surface area contributed by atoms with E-state index in [1.807, 2.05) is 22.7 Å². The van der Waals surface area contributed by atoms with Crippen LogP contribution in [0.1, 0.15) is 78.0 Å². The molecule has 0 N–H and O–H groups in total. The molecule has 0 bridgehead atoms. The highest BCUT2D eigenvalue weighted by Gasteiger charge is 2.45. The molecule has 2 aliphatic heterocycles. The summed E-state index contributed by atoms with van der Waals surface area (Å²) in [5, 5.41) is 10.3. The van der Waals surface area contributed by atoms with Gasteiger partial charge in [-0.25, -0.2) is 0 Å². The van der Waals surface area contributed by atoms with E-state index in [9.17, 15) is 0 Å². The molecule has 3 nitrogen and oxygen atoms in total. The minimum Gasteiger partial charge on any atom is -0.456 e. The Hall–Kier alpha value is -6.34. The fourth-order valence-corrected chi connectivity index (χ4v) is 14.8. The summed E-state index contributed by atoms with van der Waals surface area (Å²) >= 11 is 3.87. The lowest BCUT2D eigenvalue weighted by atomic mass is 9.44. The van der Waals surface area contributed by atoms with Crippen LogP contribution in [0.25, 0.3) is 101 Å². The minimum atomic E-state index is -0.0987. The van der Waals surface area contributed by atoms with Crippen LogP contribution in [0, 0.1) is 0 Å². The van der Waals surface area contributed by atoms with Gasteiger partial charge in [-0.05, 0) is 123 Å². The van der Waals surface area contributed by atoms with Gasteiger partial charge in [0.25, 0.3) is 0 Å². The third-order valence-electron chi connectivity index (χ3n) is 16.2. The maximum absolute atomic E-state index is 6.75. The molecular weight excluding hydrogens is 840 g/mol. The van der Waals surface area contributed by atoms with Gasteiger partial charge in [0.1, 0.15) is 11.2 Å². The number of hydrogen-bond donors (Lipinski definition) is 0. The number of benzene rings is 8. The van der Waals surface area contributed by atoms with E-state index in [2.05, 4.69) is 191 Å². The minimum absolute atomic E-state index is 0.0335. The molecule has 0 saturated carbocycles. The summed E-state index contributed by atoms with van der Waals surface area (Å²) in [6.45, 7) is 16.6. The second kappa shape index (κ2) is 12.4. The van der Waals surface area contributed by atoms with Gasteiger partial charge in [-0.3, -0.25) is 0 Å². The van der Waals surface area contributed by atoms with E-state index >= 15 is 0 Å². The van der Waals surface area contributed by atoms with Crippen LogP contribution in [0.15, 0.2) is 138 Å². The van der Waals surface area contributed by atoms with Crippen LogP contribution in [0.2, 0.25) is 0 Å². The van der Waals surface area contributed by atoms with Crippen molar-refractivity contribution in [2.75, 3.05) is 4.81 Å². The van der Waals surface area contributed by atoms with Crippen molar-refractivity contribution in [1.29, 1.82) is 0 Å². The first-order valence-electron chi connectivity index (χ1n) is 23.6. The second-order valence-electron chi connectivity index (χ2n) is 21.9. The van der Waals surface area contributed by atoms with Crippen molar-refractivity contribution < 1.29 is 4.42 Å². The summed E-state index contributed by atoms with van der Waals surface area (Å²) in [6.07, 6.45) is 2.41. The van der Waals surface area contributed by atoms with E-state index in [0.717, 1.165) is 21.9 Å².